The summed E-state index contributed by atoms with van der Waals surface area (Å²) in [5.41, 5.74) is 0.307. The van der Waals surface area contributed by atoms with Crippen molar-refractivity contribution in [3.8, 4) is 0 Å². The number of nitro groups is 1. The van der Waals surface area contributed by atoms with E-state index in [9.17, 15) is 19.7 Å². The van der Waals surface area contributed by atoms with Crippen molar-refractivity contribution in [1.29, 1.82) is 0 Å². The van der Waals surface area contributed by atoms with E-state index in [1.807, 2.05) is 0 Å². The van der Waals surface area contributed by atoms with E-state index >= 15 is 0 Å². The van der Waals surface area contributed by atoms with Gasteiger partial charge in [-0.3, -0.25) is 19.7 Å². The molecular formula is C14H5BrCl2N2O4. The van der Waals surface area contributed by atoms with Gasteiger partial charge in [0.2, 0.25) is 0 Å². The summed E-state index contributed by atoms with van der Waals surface area (Å²) in [6.07, 6.45) is 0. The van der Waals surface area contributed by atoms with Gasteiger partial charge in [-0.15, -0.1) is 0 Å². The highest BCUT2D eigenvalue weighted by Crippen LogP contribution is 2.37. The number of anilines is 1. The first-order valence-corrected chi connectivity index (χ1v) is 7.68. The van der Waals surface area contributed by atoms with Gasteiger partial charge in [0.1, 0.15) is 0 Å². The van der Waals surface area contributed by atoms with Crippen LogP contribution in [0.15, 0.2) is 34.8 Å². The van der Waals surface area contributed by atoms with Crippen molar-refractivity contribution in [2.45, 2.75) is 0 Å². The van der Waals surface area contributed by atoms with Crippen molar-refractivity contribution in [3.05, 3.63) is 66.1 Å². The van der Waals surface area contributed by atoms with Crippen LogP contribution in [0.5, 0.6) is 0 Å². The second-order valence-electron chi connectivity index (χ2n) is 4.65. The van der Waals surface area contributed by atoms with E-state index < -0.39 is 16.7 Å². The number of non-ortho nitro benzene ring substituents is 1. The second kappa shape index (κ2) is 5.59. The first kappa shape index (κ1) is 15.9. The van der Waals surface area contributed by atoms with Gasteiger partial charge in [-0.1, -0.05) is 23.2 Å². The lowest BCUT2D eigenvalue weighted by Gasteiger charge is -2.15. The number of carbonyl (C=O) groups excluding carboxylic acids is 2. The van der Waals surface area contributed by atoms with Gasteiger partial charge in [-0.25, -0.2) is 4.90 Å². The molecule has 1 aliphatic heterocycles. The van der Waals surface area contributed by atoms with E-state index in [1.54, 1.807) is 0 Å². The molecule has 9 heteroatoms. The highest BCUT2D eigenvalue weighted by Gasteiger charge is 2.38. The predicted molar refractivity (Wildman–Crippen MR) is 88.4 cm³/mol. The van der Waals surface area contributed by atoms with E-state index in [0.717, 1.165) is 4.90 Å². The molecule has 23 heavy (non-hydrogen) atoms. The minimum absolute atomic E-state index is 0.134. The number of rotatable bonds is 2. The van der Waals surface area contributed by atoms with Gasteiger partial charge in [0.05, 0.1) is 31.8 Å². The molecule has 0 saturated heterocycles. The third-order valence-electron chi connectivity index (χ3n) is 3.31. The molecular weight excluding hydrogens is 411 g/mol. The van der Waals surface area contributed by atoms with Crippen LogP contribution in [0.1, 0.15) is 20.7 Å². The molecule has 3 rings (SSSR count). The van der Waals surface area contributed by atoms with E-state index in [-0.39, 0.29) is 37.0 Å². The molecule has 2 aromatic rings. The molecule has 2 amide bonds. The Morgan fingerprint density at radius 3 is 1.96 bits per heavy atom. The number of carbonyl (C=O) groups is 2. The zero-order valence-corrected chi connectivity index (χ0v) is 14.1. The van der Waals surface area contributed by atoms with Crippen LogP contribution in [0.2, 0.25) is 10.0 Å². The molecule has 0 unspecified atom stereocenters. The van der Waals surface area contributed by atoms with Crippen molar-refractivity contribution in [1.82, 2.24) is 0 Å². The Bertz CT molecular complexity index is 860. The molecule has 0 atom stereocenters. The zero-order valence-electron chi connectivity index (χ0n) is 11.0. The van der Waals surface area contributed by atoms with Gasteiger partial charge < -0.3 is 0 Å². The van der Waals surface area contributed by atoms with Crippen LogP contribution in [0, 0.1) is 10.1 Å². The fourth-order valence-corrected chi connectivity index (χ4v) is 3.11. The number of hydrogen-bond donors (Lipinski definition) is 0. The van der Waals surface area contributed by atoms with E-state index in [2.05, 4.69) is 15.9 Å². The highest BCUT2D eigenvalue weighted by molar-refractivity contribution is 9.10. The van der Waals surface area contributed by atoms with E-state index in [1.165, 1.54) is 30.3 Å². The molecule has 0 fully saturated rings. The van der Waals surface area contributed by atoms with Gasteiger partial charge in [-0.05, 0) is 34.1 Å². The molecule has 0 spiro atoms. The monoisotopic (exact) mass is 414 g/mol. The van der Waals surface area contributed by atoms with Crippen LogP contribution < -0.4 is 4.90 Å². The number of benzene rings is 2. The van der Waals surface area contributed by atoms with Crippen molar-refractivity contribution >= 4 is 62.3 Å². The third kappa shape index (κ3) is 2.50. The molecule has 1 heterocycles. The SMILES string of the molecule is O=C1c2cc(Cl)c(Cl)cc2C(=O)N1c1ccc([N+](=O)[O-])cc1Br. The van der Waals surface area contributed by atoms with Crippen LogP contribution in [0.25, 0.3) is 0 Å². The summed E-state index contributed by atoms with van der Waals surface area (Å²) >= 11 is 14.9. The van der Waals surface area contributed by atoms with Crippen molar-refractivity contribution in [3.63, 3.8) is 0 Å². The maximum atomic E-state index is 12.5. The number of fused-ring (bicyclic) bond motifs is 1. The zero-order chi connectivity index (χ0) is 16.9. The smallest absolute Gasteiger partial charge is 0.268 e. The normalized spacial score (nSPS) is 13.4. The molecule has 0 saturated carbocycles. The van der Waals surface area contributed by atoms with Gasteiger partial charge in [0, 0.05) is 16.6 Å². The Morgan fingerprint density at radius 1 is 1.00 bits per heavy atom. The first-order valence-electron chi connectivity index (χ1n) is 6.13. The van der Waals surface area contributed by atoms with E-state index in [4.69, 9.17) is 23.2 Å². The minimum atomic E-state index is -0.573. The number of nitrogens with zero attached hydrogens (tertiary/aromatic N) is 2. The quantitative estimate of drug-likeness (QED) is 0.411. The Morgan fingerprint density at radius 2 is 1.52 bits per heavy atom. The summed E-state index contributed by atoms with van der Waals surface area (Å²) in [4.78, 5) is 36.1. The Balaban J connectivity index is 2.11. The number of hydrogen-bond acceptors (Lipinski definition) is 4. The summed E-state index contributed by atoms with van der Waals surface area (Å²) in [5, 5.41) is 11.1. The van der Waals surface area contributed by atoms with E-state index in [0.29, 0.717) is 0 Å². The topological polar surface area (TPSA) is 80.5 Å². The van der Waals surface area contributed by atoms with Crippen molar-refractivity contribution < 1.29 is 14.5 Å². The molecule has 116 valence electrons. The lowest BCUT2D eigenvalue weighted by Crippen LogP contribution is -2.29. The number of amides is 2. The molecule has 1 aliphatic rings. The second-order valence-corrected chi connectivity index (χ2v) is 6.32. The molecule has 0 bridgehead atoms. The molecule has 0 radical (unpaired) electrons. The minimum Gasteiger partial charge on any atom is -0.268 e. The van der Waals surface area contributed by atoms with Crippen molar-refractivity contribution in [2.75, 3.05) is 4.90 Å². The molecule has 0 aromatic heterocycles. The fraction of sp³-hybridized carbons (Fsp3) is 0. The summed E-state index contributed by atoms with van der Waals surface area (Å²) in [7, 11) is 0. The van der Waals surface area contributed by atoms with Gasteiger partial charge in [0.25, 0.3) is 17.5 Å². The third-order valence-corrected chi connectivity index (χ3v) is 4.67. The summed E-state index contributed by atoms with van der Waals surface area (Å²) in [6.45, 7) is 0. The number of halogens is 3. The Kier molecular flexibility index (Phi) is 3.87. The molecule has 2 aromatic carbocycles. The fourth-order valence-electron chi connectivity index (χ4n) is 2.24. The molecule has 0 aliphatic carbocycles. The van der Waals surface area contributed by atoms with Crippen molar-refractivity contribution in [2.24, 2.45) is 0 Å². The first-order chi connectivity index (χ1) is 10.8. The van der Waals surface area contributed by atoms with Gasteiger partial charge in [-0.2, -0.15) is 0 Å². The maximum Gasteiger partial charge on any atom is 0.270 e. The highest BCUT2D eigenvalue weighted by atomic mass is 79.9. The summed E-state index contributed by atoms with van der Waals surface area (Å²) in [6, 6.07) is 6.42. The standard InChI is InChI=1S/C14H5BrCl2N2O4/c15-9-3-6(19(22)23)1-2-12(9)18-13(20)7-4-10(16)11(17)5-8(7)14(18)21/h1-5H. The Labute approximate surface area is 147 Å². The summed E-state index contributed by atoms with van der Waals surface area (Å²) in [5.74, 6) is -1.14. The largest absolute Gasteiger partial charge is 0.270 e. The van der Waals surface area contributed by atoms with Crippen LogP contribution in [0.3, 0.4) is 0 Å². The Hall–Kier alpha value is -1.96. The maximum absolute atomic E-state index is 12.5. The average Bonchev–Trinajstić information content (AvgIpc) is 2.72. The summed E-state index contributed by atoms with van der Waals surface area (Å²) < 4.78 is 0.249. The van der Waals surface area contributed by atoms with Gasteiger partial charge >= 0.3 is 0 Å². The lowest BCUT2D eigenvalue weighted by atomic mass is 10.1. The van der Waals surface area contributed by atoms with Crippen LogP contribution in [0.4, 0.5) is 11.4 Å². The molecule has 6 nitrogen and oxygen atoms in total. The van der Waals surface area contributed by atoms with Crippen LogP contribution in [-0.2, 0) is 0 Å². The number of imide groups is 1. The number of nitro benzene ring substituents is 1. The molecule has 0 N–H and O–H groups in total. The predicted octanol–water partition coefficient (Wildman–Crippen LogP) is 4.46. The van der Waals surface area contributed by atoms with Gasteiger partial charge in [0.15, 0.2) is 0 Å². The lowest BCUT2D eigenvalue weighted by molar-refractivity contribution is -0.384. The van der Waals surface area contributed by atoms with Crippen LogP contribution >= 0.6 is 39.1 Å². The average molecular weight is 416 g/mol. The van der Waals surface area contributed by atoms with Crippen LogP contribution in [-0.4, -0.2) is 16.7 Å².